The Labute approximate surface area is 111 Å². The van der Waals surface area contributed by atoms with Crippen LogP contribution in [-0.2, 0) is 6.54 Å². The lowest BCUT2D eigenvalue weighted by Crippen LogP contribution is -2.25. The van der Waals surface area contributed by atoms with Gasteiger partial charge in [0.25, 0.3) is 0 Å². The highest BCUT2D eigenvalue weighted by Gasteiger charge is 2.08. The van der Waals surface area contributed by atoms with Crippen molar-refractivity contribution in [2.24, 2.45) is 5.73 Å². The molecule has 4 nitrogen and oxygen atoms in total. The van der Waals surface area contributed by atoms with E-state index in [1.807, 2.05) is 19.2 Å². The van der Waals surface area contributed by atoms with Crippen LogP contribution in [0, 0.1) is 0 Å². The van der Waals surface area contributed by atoms with Crippen LogP contribution in [-0.4, -0.2) is 30.0 Å². The minimum absolute atomic E-state index is 0. The Morgan fingerprint density at radius 1 is 1.53 bits per heavy atom. The van der Waals surface area contributed by atoms with E-state index in [1.54, 1.807) is 17.6 Å². The van der Waals surface area contributed by atoms with Crippen molar-refractivity contribution in [2.45, 2.75) is 6.54 Å². The van der Waals surface area contributed by atoms with Gasteiger partial charge < -0.3 is 10.2 Å². The van der Waals surface area contributed by atoms with Gasteiger partial charge in [-0.3, -0.25) is 4.90 Å². The van der Waals surface area contributed by atoms with Crippen molar-refractivity contribution in [1.82, 2.24) is 9.88 Å². The molecule has 0 aliphatic carbocycles. The van der Waals surface area contributed by atoms with Gasteiger partial charge in [-0.2, -0.15) is 0 Å². The molecular weight excluding hydrogens is 258 g/mol. The highest BCUT2D eigenvalue weighted by molar-refractivity contribution is 7.13. The minimum atomic E-state index is 0. The zero-order chi connectivity index (χ0) is 11.4. The van der Waals surface area contributed by atoms with Gasteiger partial charge in [-0.1, -0.05) is 0 Å². The van der Waals surface area contributed by atoms with Crippen molar-refractivity contribution < 1.29 is 4.42 Å². The van der Waals surface area contributed by atoms with Crippen LogP contribution in [0.4, 0.5) is 0 Å². The van der Waals surface area contributed by atoms with Crippen LogP contribution in [0.2, 0.25) is 0 Å². The highest BCUT2D eigenvalue weighted by Crippen LogP contribution is 2.24. The Balaban J connectivity index is 0.00000144. The van der Waals surface area contributed by atoms with E-state index in [0.717, 1.165) is 29.6 Å². The molecule has 0 fully saturated rings. The molecule has 0 unspecified atom stereocenters. The van der Waals surface area contributed by atoms with E-state index in [-0.39, 0.29) is 12.4 Å². The first kappa shape index (κ1) is 14.2. The topological polar surface area (TPSA) is 55.3 Å². The number of nitrogens with zero attached hydrogens (tertiary/aromatic N) is 2. The molecule has 0 amide bonds. The Bertz CT molecular complexity index is 430. The molecule has 0 aromatic carbocycles. The third-order valence-corrected chi connectivity index (χ3v) is 3.13. The van der Waals surface area contributed by atoms with E-state index in [1.165, 1.54) is 0 Å². The SMILES string of the molecule is CN(CCN)Cc1csc(-c2ccco2)n1.Cl. The fourth-order valence-electron chi connectivity index (χ4n) is 1.47. The lowest BCUT2D eigenvalue weighted by atomic mass is 10.4. The largest absolute Gasteiger partial charge is 0.462 e. The van der Waals surface area contributed by atoms with Gasteiger partial charge in [0.05, 0.1) is 12.0 Å². The molecule has 0 saturated heterocycles. The van der Waals surface area contributed by atoms with Crippen LogP contribution >= 0.6 is 23.7 Å². The van der Waals surface area contributed by atoms with E-state index in [4.69, 9.17) is 10.2 Å². The van der Waals surface area contributed by atoms with Crippen LogP contribution in [0.15, 0.2) is 28.2 Å². The first-order valence-corrected chi connectivity index (χ1v) is 6.04. The molecule has 6 heteroatoms. The van der Waals surface area contributed by atoms with E-state index < -0.39 is 0 Å². The van der Waals surface area contributed by atoms with Crippen LogP contribution in [0.5, 0.6) is 0 Å². The Kier molecular flexibility index (Phi) is 5.64. The number of rotatable bonds is 5. The fourth-order valence-corrected chi connectivity index (χ4v) is 2.25. The number of furan rings is 1. The summed E-state index contributed by atoms with van der Waals surface area (Å²) in [6.45, 7) is 2.38. The molecule has 0 radical (unpaired) electrons. The third kappa shape index (κ3) is 3.81. The molecule has 2 N–H and O–H groups in total. The molecule has 0 bridgehead atoms. The first-order valence-electron chi connectivity index (χ1n) is 5.16. The standard InChI is InChI=1S/C11H15N3OS.ClH/c1-14(5-4-12)7-9-8-16-11(13-9)10-3-2-6-15-10;/h2-3,6,8H,4-5,7,12H2,1H3;1H. The van der Waals surface area contributed by atoms with Crippen molar-refractivity contribution in [3.05, 3.63) is 29.5 Å². The summed E-state index contributed by atoms with van der Waals surface area (Å²) in [5, 5.41) is 2.99. The lowest BCUT2D eigenvalue weighted by molar-refractivity contribution is 0.333. The van der Waals surface area contributed by atoms with Crippen molar-refractivity contribution in [1.29, 1.82) is 0 Å². The molecule has 2 heterocycles. The molecule has 94 valence electrons. The average molecular weight is 274 g/mol. The van der Waals surface area contributed by atoms with Gasteiger partial charge in [-0.15, -0.1) is 23.7 Å². The normalized spacial score (nSPS) is 10.5. The van der Waals surface area contributed by atoms with Gasteiger partial charge in [0.2, 0.25) is 0 Å². The molecule has 2 aromatic rings. The van der Waals surface area contributed by atoms with Crippen LogP contribution in [0.25, 0.3) is 10.8 Å². The predicted octanol–water partition coefficient (Wildman–Crippen LogP) is 2.22. The maximum Gasteiger partial charge on any atom is 0.162 e. The predicted molar refractivity (Wildman–Crippen MR) is 72.5 cm³/mol. The molecule has 0 atom stereocenters. The zero-order valence-corrected chi connectivity index (χ0v) is 11.3. The first-order chi connectivity index (χ1) is 7.79. The smallest absolute Gasteiger partial charge is 0.162 e. The molecule has 0 spiro atoms. The number of aromatic nitrogens is 1. The summed E-state index contributed by atoms with van der Waals surface area (Å²) in [5.74, 6) is 0.831. The second kappa shape index (κ2) is 6.76. The number of likely N-dealkylation sites (N-methyl/N-ethyl adjacent to an activating group) is 1. The van der Waals surface area contributed by atoms with Gasteiger partial charge in [0.15, 0.2) is 10.8 Å². The van der Waals surface area contributed by atoms with E-state index in [0.29, 0.717) is 6.54 Å². The van der Waals surface area contributed by atoms with Gasteiger partial charge in [-0.05, 0) is 19.2 Å². The third-order valence-electron chi connectivity index (χ3n) is 2.23. The van der Waals surface area contributed by atoms with Crippen molar-refractivity contribution in [3.63, 3.8) is 0 Å². The number of halogens is 1. The van der Waals surface area contributed by atoms with Crippen molar-refractivity contribution >= 4 is 23.7 Å². The minimum Gasteiger partial charge on any atom is -0.462 e. The summed E-state index contributed by atoms with van der Waals surface area (Å²) >= 11 is 1.60. The van der Waals surface area contributed by atoms with Crippen LogP contribution in [0.3, 0.4) is 0 Å². The molecule has 0 aliphatic rings. The maximum atomic E-state index is 5.49. The van der Waals surface area contributed by atoms with Gasteiger partial charge in [0.1, 0.15) is 0 Å². The second-order valence-corrected chi connectivity index (χ2v) is 4.51. The fraction of sp³-hybridized carbons (Fsp3) is 0.364. The van der Waals surface area contributed by atoms with Crippen LogP contribution < -0.4 is 5.73 Å². The quantitative estimate of drug-likeness (QED) is 0.908. The second-order valence-electron chi connectivity index (χ2n) is 3.65. The van der Waals surface area contributed by atoms with Gasteiger partial charge in [0, 0.05) is 25.0 Å². The summed E-state index contributed by atoms with van der Waals surface area (Å²) in [7, 11) is 2.04. The summed E-state index contributed by atoms with van der Waals surface area (Å²) in [5.41, 5.74) is 6.55. The van der Waals surface area contributed by atoms with Gasteiger partial charge in [-0.25, -0.2) is 4.98 Å². The van der Waals surface area contributed by atoms with E-state index in [9.17, 15) is 0 Å². The summed E-state index contributed by atoms with van der Waals surface area (Å²) < 4.78 is 5.30. The molecular formula is C11H16ClN3OS. The average Bonchev–Trinajstić information content (AvgIpc) is 2.86. The molecule has 0 aliphatic heterocycles. The van der Waals surface area contributed by atoms with E-state index in [2.05, 4.69) is 15.3 Å². The summed E-state index contributed by atoms with van der Waals surface area (Å²) in [4.78, 5) is 6.67. The number of thiazole rings is 1. The highest BCUT2D eigenvalue weighted by atomic mass is 35.5. The van der Waals surface area contributed by atoms with E-state index >= 15 is 0 Å². The lowest BCUT2D eigenvalue weighted by Gasteiger charge is -2.12. The molecule has 0 saturated carbocycles. The van der Waals surface area contributed by atoms with Crippen molar-refractivity contribution in [2.75, 3.05) is 20.1 Å². The van der Waals surface area contributed by atoms with Crippen molar-refractivity contribution in [3.8, 4) is 10.8 Å². The molecule has 2 rings (SSSR count). The number of nitrogens with two attached hydrogens (primary N) is 1. The van der Waals surface area contributed by atoms with Crippen LogP contribution in [0.1, 0.15) is 5.69 Å². The monoisotopic (exact) mass is 273 g/mol. The zero-order valence-electron chi connectivity index (χ0n) is 9.63. The van der Waals surface area contributed by atoms with Gasteiger partial charge >= 0.3 is 0 Å². The Morgan fingerprint density at radius 2 is 2.35 bits per heavy atom. The Hall–Kier alpha value is -0.880. The molecule has 2 aromatic heterocycles. The summed E-state index contributed by atoms with van der Waals surface area (Å²) in [6.07, 6.45) is 1.66. The molecule has 17 heavy (non-hydrogen) atoms. The Morgan fingerprint density at radius 3 is 3.00 bits per heavy atom. The summed E-state index contributed by atoms with van der Waals surface area (Å²) in [6, 6.07) is 3.79. The maximum absolute atomic E-state index is 5.49. The number of hydrogen-bond acceptors (Lipinski definition) is 5. The number of hydrogen-bond donors (Lipinski definition) is 1.